The number of halogens is 5. The molecular formula is C26H15F5O3. The first kappa shape index (κ1) is 23.0. The highest BCUT2D eigenvalue weighted by molar-refractivity contribution is 5.77. The highest BCUT2D eigenvalue weighted by Gasteiger charge is 2.29. The highest BCUT2D eigenvalue weighted by Crippen LogP contribution is 2.36. The number of hydrogen-bond acceptors (Lipinski definition) is 3. The Hall–Kier alpha value is -4.20. The van der Waals surface area contributed by atoms with E-state index in [4.69, 9.17) is 4.74 Å². The van der Waals surface area contributed by atoms with Gasteiger partial charge < -0.3 is 9.47 Å². The second kappa shape index (κ2) is 9.74. The topological polar surface area (TPSA) is 35.5 Å². The minimum Gasteiger partial charge on any atom is -0.394 e. The van der Waals surface area contributed by atoms with Gasteiger partial charge in [-0.1, -0.05) is 78.9 Å². The molecule has 4 aromatic carbocycles. The smallest absolute Gasteiger partial charge is 0.394 e. The van der Waals surface area contributed by atoms with Crippen LogP contribution in [0.5, 0.6) is 11.5 Å². The van der Waals surface area contributed by atoms with Crippen LogP contribution in [0.15, 0.2) is 78.9 Å². The summed E-state index contributed by atoms with van der Waals surface area (Å²) in [6.45, 7) is 0. The summed E-state index contributed by atoms with van der Waals surface area (Å²) in [5.41, 5.74) is 2.53. The summed E-state index contributed by atoms with van der Waals surface area (Å²) in [6.07, 6.45) is -1.34. The highest BCUT2D eigenvalue weighted by atomic mass is 19.2. The maximum Gasteiger partial charge on any atom is 0.519 e. The Labute approximate surface area is 191 Å². The number of rotatable bonds is 5. The largest absolute Gasteiger partial charge is 0.519 e. The van der Waals surface area contributed by atoms with Crippen LogP contribution in [-0.2, 0) is 6.42 Å². The van der Waals surface area contributed by atoms with Gasteiger partial charge in [0, 0.05) is 17.5 Å². The van der Waals surface area contributed by atoms with Gasteiger partial charge in [-0.25, -0.2) is 18.0 Å². The van der Waals surface area contributed by atoms with Crippen LogP contribution < -0.4 is 9.47 Å². The summed E-state index contributed by atoms with van der Waals surface area (Å²) in [7, 11) is 0. The predicted molar refractivity (Wildman–Crippen MR) is 114 cm³/mol. The van der Waals surface area contributed by atoms with Crippen LogP contribution in [0.1, 0.15) is 11.1 Å². The summed E-state index contributed by atoms with van der Waals surface area (Å²) in [5, 5.41) is 0. The van der Waals surface area contributed by atoms with E-state index in [9.17, 15) is 26.7 Å². The molecule has 0 aliphatic heterocycles. The monoisotopic (exact) mass is 470 g/mol. The van der Waals surface area contributed by atoms with Crippen molar-refractivity contribution in [3.63, 3.8) is 0 Å². The Morgan fingerprint density at radius 3 is 1.74 bits per heavy atom. The van der Waals surface area contributed by atoms with Crippen LogP contribution in [-0.4, -0.2) is 6.16 Å². The van der Waals surface area contributed by atoms with Crippen molar-refractivity contribution in [3.05, 3.63) is 119 Å². The fraction of sp³-hybridized carbons (Fsp3) is 0.0385. The molecule has 0 radical (unpaired) electrons. The molecule has 0 N–H and O–H groups in total. The van der Waals surface area contributed by atoms with Crippen molar-refractivity contribution >= 4 is 6.16 Å². The molecule has 172 valence electrons. The van der Waals surface area contributed by atoms with Gasteiger partial charge in [-0.05, 0) is 11.1 Å². The molecule has 0 bridgehead atoms. The number of para-hydroxylation sites is 1. The Bertz CT molecular complexity index is 1310. The SMILES string of the molecule is O=C(Oc1c(Cc2ccccc2)cccc1-c1ccccc1)Oc1c(F)c(F)c(F)c(F)c1F. The van der Waals surface area contributed by atoms with E-state index in [1.54, 1.807) is 48.5 Å². The van der Waals surface area contributed by atoms with Crippen molar-refractivity contribution in [2.75, 3.05) is 0 Å². The second-order valence-corrected chi connectivity index (χ2v) is 7.18. The molecule has 0 saturated carbocycles. The quantitative estimate of drug-likeness (QED) is 0.102. The molecule has 4 aromatic rings. The molecule has 34 heavy (non-hydrogen) atoms. The predicted octanol–water partition coefficient (Wildman–Crippen LogP) is 7.22. The third-order valence-corrected chi connectivity index (χ3v) is 4.96. The maximum atomic E-state index is 14.0. The fourth-order valence-corrected chi connectivity index (χ4v) is 3.37. The van der Waals surface area contributed by atoms with Gasteiger partial charge in [-0.15, -0.1) is 0 Å². The molecule has 0 spiro atoms. The van der Waals surface area contributed by atoms with E-state index in [1.807, 2.05) is 30.3 Å². The first-order chi connectivity index (χ1) is 16.4. The molecule has 0 atom stereocenters. The van der Waals surface area contributed by atoms with Crippen LogP contribution in [0.3, 0.4) is 0 Å². The van der Waals surface area contributed by atoms with Crippen molar-refractivity contribution in [2.45, 2.75) is 6.42 Å². The molecule has 0 heterocycles. The van der Waals surface area contributed by atoms with Gasteiger partial charge in [-0.2, -0.15) is 8.78 Å². The summed E-state index contributed by atoms with van der Waals surface area (Å²) in [5.74, 6) is -13.1. The molecule has 8 heteroatoms. The molecule has 0 aromatic heterocycles. The van der Waals surface area contributed by atoms with Gasteiger partial charge in [0.1, 0.15) is 5.75 Å². The van der Waals surface area contributed by atoms with Gasteiger partial charge in [0.05, 0.1) is 0 Å². The van der Waals surface area contributed by atoms with Gasteiger partial charge in [0.25, 0.3) is 0 Å². The third kappa shape index (κ3) is 4.61. The lowest BCUT2D eigenvalue weighted by Crippen LogP contribution is -2.18. The number of benzene rings is 4. The van der Waals surface area contributed by atoms with E-state index in [0.717, 1.165) is 5.56 Å². The van der Waals surface area contributed by atoms with Gasteiger partial charge in [-0.3, -0.25) is 0 Å². The van der Waals surface area contributed by atoms with Crippen molar-refractivity contribution in [2.24, 2.45) is 0 Å². The zero-order valence-corrected chi connectivity index (χ0v) is 17.3. The van der Waals surface area contributed by atoms with Crippen LogP contribution in [0.4, 0.5) is 26.7 Å². The van der Waals surface area contributed by atoms with Crippen molar-refractivity contribution in [3.8, 4) is 22.6 Å². The van der Waals surface area contributed by atoms with Gasteiger partial charge >= 0.3 is 6.16 Å². The lowest BCUT2D eigenvalue weighted by atomic mass is 9.97. The van der Waals surface area contributed by atoms with Crippen LogP contribution in [0, 0.1) is 29.1 Å². The molecule has 4 rings (SSSR count). The van der Waals surface area contributed by atoms with E-state index in [-0.39, 0.29) is 5.75 Å². The first-order valence-electron chi connectivity index (χ1n) is 9.99. The van der Waals surface area contributed by atoms with Crippen molar-refractivity contribution in [1.82, 2.24) is 0 Å². The molecule has 0 unspecified atom stereocenters. The van der Waals surface area contributed by atoms with Crippen molar-refractivity contribution < 1.29 is 36.2 Å². The summed E-state index contributed by atoms with van der Waals surface area (Å²) >= 11 is 0. The molecule has 0 aliphatic carbocycles. The Kier molecular flexibility index (Phi) is 6.58. The summed E-state index contributed by atoms with van der Waals surface area (Å²) < 4.78 is 77.9. The van der Waals surface area contributed by atoms with Crippen LogP contribution in [0.25, 0.3) is 11.1 Å². The van der Waals surface area contributed by atoms with E-state index in [2.05, 4.69) is 4.74 Å². The lowest BCUT2D eigenvalue weighted by Gasteiger charge is -2.16. The van der Waals surface area contributed by atoms with Gasteiger partial charge in [0.2, 0.25) is 34.8 Å². The zero-order valence-electron chi connectivity index (χ0n) is 17.3. The summed E-state index contributed by atoms with van der Waals surface area (Å²) in [6, 6.07) is 23.1. The average Bonchev–Trinajstić information content (AvgIpc) is 2.86. The number of carbonyl (C=O) groups is 1. The van der Waals surface area contributed by atoms with E-state index < -0.39 is 41.0 Å². The van der Waals surface area contributed by atoms with Crippen LogP contribution >= 0.6 is 0 Å². The normalized spacial score (nSPS) is 10.7. The van der Waals surface area contributed by atoms with E-state index >= 15 is 0 Å². The lowest BCUT2D eigenvalue weighted by molar-refractivity contribution is 0.146. The van der Waals surface area contributed by atoms with Gasteiger partial charge in [0.15, 0.2) is 0 Å². The minimum absolute atomic E-state index is 0.0198. The summed E-state index contributed by atoms with van der Waals surface area (Å²) in [4.78, 5) is 12.5. The average molecular weight is 470 g/mol. The maximum absolute atomic E-state index is 14.0. The third-order valence-electron chi connectivity index (χ3n) is 4.96. The Balaban J connectivity index is 1.72. The minimum atomic E-state index is -2.37. The molecule has 0 fully saturated rings. The molecule has 0 saturated heterocycles. The first-order valence-corrected chi connectivity index (χ1v) is 9.99. The van der Waals surface area contributed by atoms with E-state index in [0.29, 0.717) is 23.1 Å². The van der Waals surface area contributed by atoms with Crippen LogP contribution in [0.2, 0.25) is 0 Å². The number of carbonyl (C=O) groups excluding carboxylic acids is 1. The van der Waals surface area contributed by atoms with E-state index in [1.165, 1.54) is 0 Å². The van der Waals surface area contributed by atoms with Crippen molar-refractivity contribution in [1.29, 1.82) is 0 Å². The standard InChI is InChI=1S/C26H15F5O3/c27-19-20(28)22(30)25(23(31)21(19)29)34-26(32)33-24-17(14-15-8-3-1-4-9-15)12-7-13-18(24)16-10-5-2-6-11-16/h1-13H,14H2. The molecular weight excluding hydrogens is 455 g/mol. The second-order valence-electron chi connectivity index (χ2n) is 7.18. The Morgan fingerprint density at radius 2 is 1.12 bits per heavy atom. The molecule has 0 aliphatic rings. The zero-order chi connectivity index (χ0) is 24.2. The number of hydrogen-bond donors (Lipinski definition) is 0. The fourth-order valence-electron chi connectivity index (χ4n) is 3.37. The molecule has 0 amide bonds. The number of ether oxygens (including phenoxy) is 2. The Morgan fingerprint density at radius 1 is 0.588 bits per heavy atom. The molecule has 3 nitrogen and oxygen atoms in total.